The minimum absolute atomic E-state index is 0.0123. The van der Waals surface area contributed by atoms with Gasteiger partial charge in [-0.15, -0.1) is 0 Å². The molecule has 0 saturated carbocycles. The molecule has 0 radical (unpaired) electrons. The van der Waals surface area contributed by atoms with Crippen molar-refractivity contribution in [2.75, 3.05) is 10.2 Å². The van der Waals surface area contributed by atoms with E-state index in [1.54, 1.807) is 51.1 Å². The second kappa shape index (κ2) is 6.16. The average molecular weight is 336 g/mol. The first-order chi connectivity index (χ1) is 11.9. The summed E-state index contributed by atoms with van der Waals surface area (Å²) in [5.74, 6) is -0.296. The third kappa shape index (κ3) is 2.82. The van der Waals surface area contributed by atoms with E-state index in [9.17, 15) is 14.4 Å². The smallest absolute Gasteiger partial charge is 0.307 e. The number of anilines is 2. The Morgan fingerprint density at radius 3 is 2.40 bits per heavy atom. The van der Waals surface area contributed by atoms with E-state index in [2.05, 4.69) is 5.32 Å². The molecule has 1 aliphatic heterocycles. The number of carbonyl (C=O) groups is 3. The van der Waals surface area contributed by atoms with Crippen molar-refractivity contribution in [2.24, 2.45) is 0 Å². The molecule has 0 atom stereocenters. The molecule has 1 aliphatic rings. The molecule has 128 valence electrons. The number of nitrogens with zero attached hydrogens (tertiary/aromatic N) is 1. The lowest BCUT2D eigenvalue weighted by Gasteiger charge is -2.19. The summed E-state index contributed by atoms with van der Waals surface area (Å²) in [6.45, 7) is 5.33. The predicted molar refractivity (Wildman–Crippen MR) is 97.0 cm³/mol. The van der Waals surface area contributed by atoms with Gasteiger partial charge in [0.15, 0.2) is 5.78 Å². The molecule has 0 spiro atoms. The summed E-state index contributed by atoms with van der Waals surface area (Å²) in [7, 11) is 0. The van der Waals surface area contributed by atoms with Gasteiger partial charge in [0.2, 0.25) is 5.91 Å². The molecule has 0 bridgehead atoms. The minimum Gasteiger partial charge on any atom is -0.307 e. The predicted octanol–water partition coefficient (Wildman–Crippen LogP) is 4.14. The summed E-state index contributed by atoms with van der Waals surface area (Å²) in [6.07, 6.45) is 0.394. The van der Waals surface area contributed by atoms with E-state index in [-0.39, 0.29) is 11.7 Å². The number of carbonyl (C=O) groups excluding carboxylic acids is 3. The first-order valence-electron chi connectivity index (χ1n) is 8.24. The Balaban J connectivity index is 1.99. The minimum atomic E-state index is -0.868. The Kier molecular flexibility index (Phi) is 4.17. The van der Waals surface area contributed by atoms with E-state index < -0.39 is 11.4 Å². The van der Waals surface area contributed by atoms with Crippen molar-refractivity contribution in [2.45, 2.75) is 32.6 Å². The van der Waals surface area contributed by atoms with Gasteiger partial charge >= 0.3 is 6.03 Å². The molecule has 1 N–H and O–H groups in total. The maximum Gasteiger partial charge on any atom is 0.333 e. The number of imide groups is 1. The number of Topliss-reactive ketones (excluding diaryl/α,β-unsaturated/α-hetero) is 1. The van der Waals surface area contributed by atoms with Gasteiger partial charge in [-0.05, 0) is 49.7 Å². The van der Waals surface area contributed by atoms with Crippen LogP contribution < -0.4 is 10.2 Å². The van der Waals surface area contributed by atoms with Gasteiger partial charge in [-0.25, -0.2) is 9.69 Å². The average Bonchev–Trinajstić information content (AvgIpc) is 2.81. The zero-order valence-corrected chi connectivity index (χ0v) is 14.5. The molecule has 0 saturated heterocycles. The monoisotopic (exact) mass is 336 g/mol. The second-order valence-corrected chi connectivity index (χ2v) is 6.57. The summed E-state index contributed by atoms with van der Waals surface area (Å²) in [4.78, 5) is 38.7. The number of fused-ring (bicyclic) bond motifs is 1. The van der Waals surface area contributed by atoms with Gasteiger partial charge in [-0.2, -0.15) is 0 Å². The van der Waals surface area contributed by atoms with Crippen LogP contribution in [0.3, 0.4) is 0 Å². The molecule has 1 heterocycles. The number of ketones is 1. The van der Waals surface area contributed by atoms with E-state index in [4.69, 9.17) is 0 Å². The van der Waals surface area contributed by atoms with Crippen molar-refractivity contribution < 1.29 is 14.4 Å². The van der Waals surface area contributed by atoms with Crippen molar-refractivity contribution in [1.29, 1.82) is 0 Å². The van der Waals surface area contributed by atoms with Crippen LogP contribution in [0.4, 0.5) is 16.2 Å². The number of para-hydroxylation sites is 1. The highest BCUT2D eigenvalue weighted by molar-refractivity contribution is 6.25. The van der Waals surface area contributed by atoms with Gasteiger partial charge in [0.1, 0.15) is 0 Å². The Morgan fingerprint density at radius 1 is 1.08 bits per heavy atom. The van der Waals surface area contributed by atoms with Crippen LogP contribution in [0, 0.1) is 0 Å². The molecule has 2 aromatic rings. The third-order valence-corrected chi connectivity index (χ3v) is 4.52. The van der Waals surface area contributed by atoms with E-state index in [1.165, 1.54) is 0 Å². The SMILES string of the molecule is CCC(=O)c1ccc2c(c1)C(C)(C)C(=O)N2C(=O)Nc1ccccc1. The van der Waals surface area contributed by atoms with E-state index in [0.717, 1.165) is 4.90 Å². The van der Waals surface area contributed by atoms with Crippen LogP contribution in [0.5, 0.6) is 0 Å². The van der Waals surface area contributed by atoms with Gasteiger partial charge in [0.05, 0.1) is 11.1 Å². The van der Waals surface area contributed by atoms with Crippen LogP contribution in [-0.4, -0.2) is 17.7 Å². The summed E-state index contributed by atoms with van der Waals surface area (Å²) in [5.41, 5.74) is 1.53. The normalized spacial score (nSPS) is 15.0. The molecule has 2 aromatic carbocycles. The van der Waals surface area contributed by atoms with E-state index >= 15 is 0 Å². The van der Waals surface area contributed by atoms with E-state index in [0.29, 0.717) is 28.9 Å². The van der Waals surface area contributed by atoms with Gasteiger partial charge in [-0.3, -0.25) is 9.59 Å². The first kappa shape index (κ1) is 16.9. The van der Waals surface area contributed by atoms with Gasteiger partial charge in [0, 0.05) is 17.7 Å². The number of urea groups is 1. The first-order valence-corrected chi connectivity index (χ1v) is 8.24. The Hall–Kier alpha value is -2.95. The Labute approximate surface area is 146 Å². The van der Waals surface area contributed by atoms with Crippen molar-refractivity contribution in [1.82, 2.24) is 0 Å². The largest absolute Gasteiger partial charge is 0.333 e. The number of hydrogen-bond acceptors (Lipinski definition) is 3. The molecule has 0 aromatic heterocycles. The summed E-state index contributed by atoms with van der Waals surface area (Å²) >= 11 is 0. The molecule has 5 nitrogen and oxygen atoms in total. The fraction of sp³-hybridized carbons (Fsp3) is 0.250. The molecule has 3 rings (SSSR count). The van der Waals surface area contributed by atoms with Crippen LogP contribution in [0.25, 0.3) is 0 Å². The maximum absolute atomic E-state index is 12.8. The summed E-state index contributed by atoms with van der Waals surface area (Å²) in [6, 6.07) is 13.6. The highest BCUT2D eigenvalue weighted by atomic mass is 16.2. The molecule has 5 heteroatoms. The fourth-order valence-corrected chi connectivity index (χ4v) is 3.02. The van der Waals surface area contributed by atoms with Gasteiger partial charge < -0.3 is 5.32 Å². The maximum atomic E-state index is 12.8. The van der Waals surface area contributed by atoms with Gasteiger partial charge in [-0.1, -0.05) is 25.1 Å². The number of nitrogens with one attached hydrogen (secondary N) is 1. The van der Waals surface area contributed by atoms with Crippen molar-refractivity contribution in [3.8, 4) is 0 Å². The number of hydrogen-bond donors (Lipinski definition) is 1. The highest BCUT2D eigenvalue weighted by Gasteiger charge is 2.46. The van der Waals surface area contributed by atoms with Crippen LogP contribution in [0.15, 0.2) is 48.5 Å². The third-order valence-electron chi connectivity index (χ3n) is 4.52. The quantitative estimate of drug-likeness (QED) is 0.857. The van der Waals surface area contributed by atoms with Crippen molar-refractivity contribution >= 4 is 29.1 Å². The Morgan fingerprint density at radius 2 is 1.76 bits per heavy atom. The lowest BCUT2D eigenvalue weighted by molar-refractivity contribution is -0.121. The summed E-state index contributed by atoms with van der Waals surface area (Å²) in [5, 5.41) is 2.74. The summed E-state index contributed by atoms with van der Waals surface area (Å²) < 4.78 is 0. The van der Waals surface area contributed by atoms with Gasteiger partial charge in [0.25, 0.3) is 0 Å². The highest BCUT2D eigenvalue weighted by Crippen LogP contribution is 2.42. The van der Waals surface area contributed by atoms with Crippen LogP contribution in [0.1, 0.15) is 43.1 Å². The number of rotatable bonds is 3. The topological polar surface area (TPSA) is 66.5 Å². The lowest BCUT2D eigenvalue weighted by Crippen LogP contribution is -2.42. The standard InChI is InChI=1S/C20H20N2O3/c1-4-17(23)13-10-11-16-15(12-13)20(2,3)18(24)22(16)19(25)21-14-8-6-5-7-9-14/h5-12H,4H2,1-3H3,(H,21,25). The van der Waals surface area contributed by atoms with Crippen molar-refractivity contribution in [3.05, 3.63) is 59.7 Å². The van der Waals surface area contributed by atoms with Crippen LogP contribution in [0.2, 0.25) is 0 Å². The van der Waals surface area contributed by atoms with Crippen LogP contribution >= 0.6 is 0 Å². The zero-order chi connectivity index (χ0) is 18.2. The molecular formula is C20H20N2O3. The zero-order valence-electron chi connectivity index (χ0n) is 14.5. The second-order valence-electron chi connectivity index (χ2n) is 6.57. The Bertz CT molecular complexity index is 856. The number of benzene rings is 2. The fourth-order valence-electron chi connectivity index (χ4n) is 3.02. The van der Waals surface area contributed by atoms with Crippen molar-refractivity contribution in [3.63, 3.8) is 0 Å². The van der Waals surface area contributed by atoms with Crippen LogP contribution in [-0.2, 0) is 10.2 Å². The van der Waals surface area contributed by atoms with E-state index in [1.807, 2.05) is 18.2 Å². The number of amides is 3. The molecule has 0 fully saturated rings. The molecule has 0 aliphatic carbocycles. The lowest BCUT2D eigenvalue weighted by atomic mass is 9.85. The molecular weight excluding hydrogens is 316 g/mol. The molecule has 3 amide bonds. The molecule has 25 heavy (non-hydrogen) atoms. The molecule has 0 unspecified atom stereocenters.